The lowest BCUT2D eigenvalue weighted by Crippen LogP contribution is -2.21. The number of nitrogens with two attached hydrogens (primary N) is 1. The predicted molar refractivity (Wildman–Crippen MR) is 72.9 cm³/mol. The number of likely N-dealkylation sites (tertiary alicyclic amines) is 1. The van der Waals surface area contributed by atoms with Crippen molar-refractivity contribution in [3.05, 3.63) is 0 Å². The highest BCUT2D eigenvalue weighted by Gasteiger charge is 2.19. The van der Waals surface area contributed by atoms with E-state index in [-0.39, 0.29) is 6.01 Å². The highest BCUT2D eigenvalue weighted by Crippen LogP contribution is 2.16. The van der Waals surface area contributed by atoms with Gasteiger partial charge in [-0.15, -0.1) is 0 Å². The van der Waals surface area contributed by atoms with Gasteiger partial charge in [-0.1, -0.05) is 0 Å². The van der Waals surface area contributed by atoms with Crippen molar-refractivity contribution in [3.8, 4) is 6.01 Å². The molecule has 0 aliphatic carbocycles. The molecule has 4 N–H and O–H groups in total. The Labute approximate surface area is 112 Å². The SMILES string of the molecule is CCOc1nc(NN)nc(NCC2CCN(C)C2)n1. The molecule has 1 aliphatic heterocycles. The Morgan fingerprint density at radius 2 is 2.16 bits per heavy atom. The van der Waals surface area contributed by atoms with Gasteiger partial charge in [0.05, 0.1) is 6.61 Å². The molecule has 8 nitrogen and oxygen atoms in total. The Kier molecular flexibility index (Phi) is 4.69. The second-order valence-electron chi connectivity index (χ2n) is 4.64. The third-order valence-electron chi connectivity index (χ3n) is 3.06. The van der Waals surface area contributed by atoms with Gasteiger partial charge in [-0.3, -0.25) is 5.43 Å². The fourth-order valence-electron chi connectivity index (χ4n) is 2.12. The molecule has 106 valence electrons. The first kappa shape index (κ1) is 13.8. The smallest absolute Gasteiger partial charge is 0.323 e. The molecule has 19 heavy (non-hydrogen) atoms. The molecule has 0 bridgehead atoms. The van der Waals surface area contributed by atoms with E-state index in [1.807, 2.05) is 6.92 Å². The Morgan fingerprint density at radius 1 is 1.37 bits per heavy atom. The summed E-state index contributed by atoms with van der Waals surface area (Å²) < 4.78 is 5.27. The molecule has 1 saturated heterocycles. The molecule has 2 rings (SSSR count). The number of hydrogen-bond acceptors (Lipinski definition) is 8. The molecule has 2 heterocycles. The van der Waals surface area contributed by atoms with Crippen molar-refractivity contribution in [1.82, 2.24) is 19.9 Å². The predicted octanol–water partition coefficient (Wildman–Crippen LogP) is -0.0805. The van der Waals surface area contributed by atoms with Gasteiger partial charge in [-0.2, -0.15) is 15.0 Å². The zero-order valence-electron chi connectivity index (χ0n) is 11.4. The minimum Gasteiger partial charge on any atom is -0.464 e. The van der Waals surface area contributed by atoms with Crippen LogP contribution in [-0.4, -0.2) is 53.1 Å². The topological polar surface area (TPSA) is 101 Å². The highest BCUT2D eigenvalue weighted by atomic mass is 16.5. The van der Waals surface area contributed by atoms with Gasteiger partial charge in [0, 0.05) is 13.1 Å². The lowest BCUT2D eigenvalue weighted by Gasteiger charge is -2.12. The standard InChI is InChI=1S/C11H21N7O/c1-3-19-11-15-9(14-10(16-11)17-12)13-6-8-4-5-18(2)7-8/h8H,3-7,12H2,1-2H3,(H2,13,14,15,16,17). The number of rotatable bonds is 6. The average molecular weight is 267 g/mol. The maximum atomic E-state index is 5.33. The van der Waals surface area contributed by atoms with E-state index in [2.05, 4.69) is 37.6 Å². The van der Waals surface area contributed by atoms with Crippen molar-refractivity contribution < 1.29 is 4.74 Å². The van der Waals surface area contributed by atoms with Crippen molar-refractivity contribution in [2.75, 3.05) is 44.0 Å². The third kappa shape index (κ3) is 3.90. The summed E-state index contributed by atoms with van der Waals surface area (Å²) in [5.74, 6) is 6.73. The summed E-state index contributed by atoms with van der Waals surface area (Å²) in [6.45, 7) is 5.45. The third-order valence-corrected chi connectivity index (χ3v) is 3.06. The van der Waals surface area contributed by atoms with E-state index in [9.17, 15) is 0 Å². The number of nitrogen functional groups attached to an aromatic ring is 1. The van der Waals surface area contributed by atoms with E-state index in [1.54, 1.807) is 0 Å². The van der Waals surface area contributed by atoms with E-state index in [0.717, 1.165) is 19.6 Å². The summed E-state index contributed by atoms with van der Waals surface area (Å²) in [6.07, 6.45) is 1.19. The molecule has 0 saturated carbocycles. The number of hydrogen-bond donors (Lipinski definition) is 3. The summed E-state index contributed by atoms with van der Waals surface area (Å²) in [5.41, 5.74) is 2.41. The minimum atomic E-state index is 0.275. The van der Waals surface area contributed by atoms with Crippen LogP contribution in [-0.2, 0) is 0 Å². The van der Waals surface area contributed by atoms with Gasteiger partial charge in [0.2, 0.25) is 11.9 Å². The first-order chi connectivity index (χ1) is 9.21. The number of nitrogens with one attached hydrogen (secondary N) is 2. The van der Waals surface area contributed by atoms with E-state index < -0.39 is 0 Å². The van der Waals surface area contributed by atoms with Crippen LogP contribution < -0.4 is 21.3 Å². The molecule has 1 aromatic heterocycles. The molecule has 0 amide bonds. The fraction of sp³-hybridized carbons (Fsp3) is 0.727. The van der Waals surface area contributed by atoms with Gasteiger partial charge < -0.3 is 15.0 Å². The zero-order chi connectivity index (χ0) is 13.7. The van der Waals surface area contributed by atoms with E-state index in [4.69, 9.17) is 10.6 Å². The van der Waals surface area contributed by atoms with Crippen LogP contribution in [0.5, 0.6) is 6.01 Å². The number of aromatic nitrogens is 3. The summed E-state index contributed by atoms with van der Waals surface area (Å²) in [7, 11) is 2.13. The molecular formula is C11H21N7O. The van der Waals surface area contributed by atoms with Crippen LogP contribution in [0.3, 0.4) is 0 Å². The normalized spacial score (nSPS) is 19.4. The van der Waals surface area contributed by atoms with Crippen molar-refractivity contribution in [1.29, 1.82) is 0 Å². The Hall–Kier alpha value is -1.67. The average Bonchev–Trinajstić information content (AvgIpc) is 2.82. The number of anilines is 2. The van der Waals surface area contributed by atoms with E-state index in [1.165, 1.54) is 6.42 Å². The van der Waals surface area contributed by atoms with Gasteiger partial charge >= 0.3 is 6.01 Å². The summed E-state index contributed by atoms with van der Waals surface area (Å²) in [4.78, 5) is 14.7. The van der Waals surface area contributed by atoms with Crippen LogP contribution in [0.1, 0.15) is 13.3 Å². The van der Waals surface area contributed by atoms with Crippen LogP contribution in [0.4, 0.5) is 11.9 Å². The van der Waals surface area contributed by atoms with Crippen molar-refractivity contribution in [3.63, 3.8) is 0 Å². The lowest BCUT2D eigenvalue weighted by molar-refractivity contribution is 0.312. The molecule has 1 fully saturated rings. The first-order valence-electron chi connectivity index (χ1n) is 6.49. The molecule has 0 aromatic carbocycles. The van der Waals surface area contributed by atoms with E-state index >= 15 is 0 Å². The van der Waals surface area contributed by atoms with Crippen LogP contribution in [0, 0.1) is 5.92 Å². The molecule has 8 heteroatoms. The van der Waals surface area contributed by atoms with Crippen molar-refractivity contribution >= 4 is 11.9 Å². The summed E-state index contributed by atoms with van der Waals surface area (Å²) in [6, 6.07) is 0.275. The van der Waals surface area contributed by atoms with Gasteiger partial charge in [0.15, 0.2) is 0 Å². The Morgan fingerprint density at radius 3 is 2.79 bits per heavy atom. The van der Waals surface area contributed by atoms with Crippen LogP contribution in [0.15, 0.2) is 0 Å². The van der Waals surface area contributed by atoms with Crippen LogP contribution in [0.25, 0.3) is 0 Å². The second kappa shape index (κ2) is 6.48. The molecule has 1 unspecified atom stereocenters. The van der Waals surface area contributed by atoms with Gasteiger partial charge in [0.1, 0.15) is 0 Å². The first-order valence-corrected chi connectivity index (χ1v) is 6.49. The monoisotopic (exact) mass is 267 g/mol. The number of nitrogens with zero attached hydrogens (tertiary/aromatic N) is 4. The van der Waals surface area contributed by atoms with Crippen molar-refractivity contribution in [2.24, 2.45) is 11.8 Å². The number of hydrazine groups is 1. The fourth-order valence-corrected chi connectivity index (χ4v) is 2.12. The molecule has 1 aromatic rings. The van der Waals surface area contributed by atoms with Gasteiger partial charge in [0.25, 0.3) is 0 Å². The van der Waals surface area contributed by atoms with Gasteiger partial charge in [-0.25, -0.2) is 5.84 Å². The Balaban J connectivity index is 1.96. The quantitative estimate of drug-likeness (QED) is 0.486. The van der Waals surface area contributed by atoms with E-state index in [0.29, 0.717) is 24.4 Å². The zero-order valence-corrected chi connectivity index (χ0v) is 11.4. The molecular weight excluding hydrogens is 246 g/mol. The summed E-state index contributed by atoms with van der Waals surface area (Å²) >= 11 is 0. The molecule has 0 radical (unpaired) electrons. The minimum absolute atomic E-state index is 0.275. The summed E-state index contributed by atoms with van der Waals surface area (Å²) in [5, 5.41) is 3.22. The van der Waals surface area contributed by atoms with Gasteiger partial charge in [-0.05, 0) is 32.9 Å². The number of ether oxygens (including phenoxy) is 1. The van der Waals surface area contributed by atoms with Crippen LogP contribution in [0.2, 0.25) is 0 Å². The Bertz CT molecular complexity index is 414. The lowest BCUT2D eigenvalue weighted by atomic mass is 10.1. The second-order valence-corrected chi connectivity index (χ2v) is 4.64. The largest absolute Gasteiger partial charge is 0.464 e. The molecule has 1 atom stereocenters. The maximum absolute atomic E-state index is 5.33. The molecule has 0 spiro atoms. The molecule has 1 aliphatic rings. The van der Waals surface area contributed by atoms with Crippen LogP contribution >= 0.6 is 0 Å². The highest BCUT2D eigenvalue weighted by molar-refractivity contribution is 5.34. The maximum Gasteiger partial charge on any atom is 0.323 e. The van der Waals surface area contributed by atoms with Crippen molar-refractivity contribution in [2.45, 2.75) is 13.3 Å².